The molecule has 4 nitrogen and oxygen atoms in total. The van der Waals surface area contributed by atoms with Crippen LogP contribution in [0.3, 0.4) is 0 Å². The Morgan fingerprint density at radius 1 is 1.05 bits per heavy atom. The van der Waals surface area contributed by atoms with Crippen molar-refractivity contribution in [2.24, 2.45) is 0 Å². The second-order valence-electron chi connectivity index (χ2n) is 4.84. The molecule has 0 aliphatic carbocycles. The lowest BCUT2D eigenvalue weighted by atomic mass is 10.1. The van der Waals surface area contributed by atoms with E-state index in [-0.39, 0.29) is 5.82 Å². The maximum absolute atomic E-state index is 13.6. The Morgan fingerprint density at radius 2 is 1.65 bits per heavy atom. The van der Waals surface area contributed by atoms with E-state index in [1.165, 1.54) is 6.33 Å². The topological polar surface area (TPSA) is 49.8 Å². The number of hydrogen-bond donors (Lipinski definition) is 2. The van der Waals surface area contributed by atoms with Gasteiger partial charge in [-0.2, -0.15) is 0 Å². The zero-order valence-corrected chi connectivity index (χ0v) is 12.2. The van der Waals surface area contributed by atoms with E-state index in [0.717, 1.165) is 22.8 Å². The Labute approximate surface area is 118 Å². The monoisotopic (exact) mass is 274 g/mol. The van der Waals surface area contributed by atoms with E-state index in [0.29, 0.717) is 17.7 Å². The molecule has 20 heavy (non-hydrogen) atoms. The summed E-state index contributed by atoms with van der Waals surface area (Å²) in [4.78, 5) is 8.37. The zero-order chi connectivity index (χ0) is 14.7. The van der Waals surface area contributed by atoms with E-state index in [1.807, 2.05) is 26.1 Å². The van der Waals surface area contributed by atoms with Gasteiger partial charge < -0.3 is 10.6 Å². The smallest absolute Gasteiger partial charge is 0.134 e. The fourth-order valence-corrected chi connectivity index (χ4v) is 2.20. The highest BCUT2D eigenvalue weighted by Gasteiger charge is 2.07. The van der Waals surface area contributed by atoms with Crippen LogP contribution in [0.2, 0.25) is 0 Å². The van der Waals surface area contributed by atoms with E-state index < -0.39 is 0 Å². The molecule has 0 bridgehead atoms. The van der Waals surface area contributed by atoms with Crippen molar-refractivity contribution < 1.29 is 4.39 Å². The van der Waals surface area contributed by atoms with E-state index in [9.17, 15) is 4.39 Å². The summed E-state index contributed by atoms with van der Waals surface area (Å²) in [5.74, 6) is 1.45. The second-order valence-corrected chi connectivity index (χ2v) is 4.84. The minimum absolute atomic E-state index is 0.135. The highest BCUT2D eigenvalue weighted by atomic mass is 19.1. The Hall–Kier alpha value is -2.17. The lowest BCUT2D eigenvalue weighted by Gasteiger charge is -2.12. The van der Waals surface area contributed by atoms with Crippen molar-refractivity contribution in [2.75, 3.05) is 17.7 Å². The third kappa shape index (κ3) is 2.87. The lowest BCUT2D eigenvalue weighted by molar-refractivity contribution is 0.608. The molecule has 0 saturated heterocycles. The van der Waals surface area contributed by atoms with Crippen molar-refractivity contribution in [3.8, 4) is 0 Å². The lowest BCUT2D eigenvalue weighted by Crippen LogP contribution is -2.07. The molecular weight excluding hydrogens is 255 g/mol. The van der Waals surface area contributed by atoms with Crippen LogP contribution in [0.15, 0.2) is 18.5 Å². The maximum atomic E-state index is 13.6. The van der Waals surface area contributed by atoms with Crippen molar-refractivity contribution in [3.63, 3.8) is 0 Å². The fraction of sp³-hybridized carbons (Fsp3) is 0.333. The van der Waals surface area contributed by atoms with Crippen LogP contribution in [-0.4, -0.2) is 17.0 Å². The van der Waals surface area contributed by atoms with E-state index in [2.05, 4.69) is 20.6 Å². The molecule has 0 aliphatic rings. The molecule has 2 N–H and O–H groups in total. The molecule has 5 heteroatoms. The average molecular weight is 274 g/mol. The molecule has 2 aromatic rings. The summed E-state index contributed by atoms with van der Waals surface area (Å²) in [6, 6.07) is 3.70. The minimum Gasteiger partial charge on any atom is -0.373 e. The number of aromatic nitrogens is 2. The van der Waals surface area contributed by atoms with Crippen LogP contribution in [0.1, 0.15) is 22.3 Å². The molecule has 0 radical (unpaired) electrons. The van der Waals surface area contributed by atoms with Gasteiger partial charge in [0, 0.05) is 19.2 Å². The molecule has 0 saturated carbocycles. The average Bonchev–Trinajstić information content (AvgIpc) is 2.43. The van der Waals surface area contributed by atoms with Gasteiger partial charge in [0.25, 0.3) is 0 Å². The molecule has 1 aromatic carbocycles. The van der Waals surface area contributed by atoms with Crippen LogP contribution in [-0.2, 0) is 6.54 Å². The van der Waals surface area contributed by atoms with Gasteiger partial charge in [-0.3, -0.25) is 0 Å². The quantitative estimate of drug-likeness (QED) is 0.899. The number of nitrogens with one attached hydrogen (secondary N) is 2. The Morgan fingerprint density at radius 3 is 2.25 bits per heavy atom. The van der Waals surface area contributed by atoms with Gasteiger partial charge in [-0.15, -0.1) is 0 Å². The minimum atomic E-state index is -0.135. The van der Waals surface area contributed by atoms with Crippen LogP contribution < -0.4 is 10.6 Å². The standard InChI is InChI=1S/C15H19FN4/c1-9-5-12(6-10(2)13(9)16)7-18-15-11(3)14(17-4)19-8-20-15/h5-6,8H,7H2,1-4H3,(H2,17,18,19,20). The Balaban J connectivity index is 2.17. The van der Waals surface area contributed by atoms with Crippen LogP contribution in [0.5, 0.6) is 0 Å². The van der Waals surface area contributed by atoms with Crippen molar-refractivity contribution in [3.05, 3.63) is 46.5 Å². The zero-order valence-electron chi connectivity index (χ0n) is 12.2. The summed E-state index contributed by atoms with van der Waals surface area (Å²) < 4.78 is 13.6. The van der Waals surface area contributed by atoms with Gasteiger partial charge in [0.1, 0.15) is 23.8 Å². The van der Waals surface area contributed by atoms with Gasteiger partial charge >= 0.3 is 0 Å². The second kappa shape index (κ2) is 5.86. The van der Waals surface area contributed by atoms with Crippen LogP contribution in [0.25, 0.3) is 0 Å². The summed E-state index contributed by atoms with van der Waals surface area (Å²) in [6.07, 6.45) is 1.52. The Kier molecular flexibility index (Phi) is 4.17. The highest BCUT2D eigenvalue weighted by Crippen LogP contribution is 2.19. The largest absolute Gasteiger partial charge is 0.373 e. The SMILES string of the molecule is CNc1ncnc(NCc2cc(C)c(F)c(C)c2)c1C. The molecular formula is C15H19FN4. The molecule has 0 aliphatic heterocycles. The predicted molar refractivity (Wildman–Crippen MR) is 79.5 cm³/mol. The highest BCUT2D eigenvalue weighted by molar-refractivity contribution is 5.56. The molecule has 0 spiro atoms. The van der Waals surface area contributed by atoms with E-state index >= 15 is 0 Å². The molecule has 0 unspecified atom stereocenters. The molecule has 2 rings (SSSR count). The van der Waals surface area contributed by atoms with Crippen LogP contribution in [0, 0.1) is 26.6 Å². The number of hydrogen-bond acceptors (Lipinski definition) is 4. The van der Waals surface area contributed by atoms with Crippen molar-refractivity contribution in [1.29, 1.82) is 0 Å². The molecule has 0 amide bonds. The number of nitrogens with zero attached hydrogens (tertiary/aromatic N) is 2. The summed E-state index contributed by atoms with van der Waals surface area (Å²) in [5.41, 5.74) is 3.32. The number of rotatable bonds is 4. The van der Waals surface area contributed by atoms with Gasteiger partial charge in [0.05, 0.1) is 0 Å². The first-order valence-electron chi connectivity index (χ1n) is 6.51. The van der Waals surface area contributed by atoms with Gasteiger partial charge in [-0.1, -0.05) is 12.1 Å². The number of aryl methyl sites for hydroxylation is 2. The van der Waals surface area contributed by atoms with Crippen LogP contribution >= 0.6 is 0 Å². The molecule has 0 atom stereocenters. The van der Waals surface area contributed by atoms with Gasteiger partial charge in [0.15, 0.2) is 0 Å². The third-order valence-corrected chi connectivity index (χ3v) is 3.28. The summed E-state index contributed by atoms with van der Waals surface area (Å²) in [5, 5.41) is 6.28. The number of halogens is 1. The third-order valence-electron chi connectivity index (χ3n) is 3.28. The van der Waals surface area contributed by atoms with E-state index in [1.54, 1.807) is 13.8 Å². The number of benzene rings is 1. The van der Waals surface area contributed by atoms with Gasteiger partial charge in [-0.05, 0) is 37.5 Å². The van der Waals surface area contributed by atoms with Gasteiger partial charge in [0.2, 0.25) is 0 Å². The fourth-order valence-electron chi connectivity index (χ4n) is 2.20. The van der Waals surface area contributed by atoms with Crippen molar-refractivity contribution in [1.82, 2.24) is 9.97 Å². The molecule has 0 fully saturated rings. The predicted octanol–water partition coefficient (Wildman–Crippen LogP) is 3.19. The first-order chi connectivity index (χ1) is 9.52. The maximum Gasteiger partial charge on any atom is 0.134 e. The van der Waals surface area contributed by atoms with Crippen molar-refractivity contribution >= 4 is 11.6 Å². The molecule has 106 valence electrons. The van der Waals surface area contributed by atoms with Crippen molar-refractivity contribution in [2.45, 2.75) is 27.3 Å². The molecule has 1 aromatic heterocycles. The summed E-state index contributed by atoms with van der Waals surface area (Å²) >= 11 is 0. The first-order valence-corrected chi connectivity index (χ1v) is 6.51. The molecule has 1 heterocycles. The van der Waals surface area contributed by atoms with E-state index in [4.69, 9.17) is 0 Å². The summed E-state index contributed by atoms with van der Waals surface area (Å²) in [6.45, 7) is 6.11. The normalized spacial score (nSPS) is 10.4. The van der Waals surface area contributed by atoms with Gasteiger partial charge in [-0.25, -0.2) is 14.4 Å². The first kappa shape index (κ1) is 14.2. The summed E-state index contributed by atoms with van der Waals surface area (Å²) in [7, 11) is 1.83. The van der Waals surface area contributed by atoms with Crippen LogP contribution in [0.4, 0.5) is 16.0 Å². The number of anilines is 2. The Bertz CT molecular complexity index is 602.